The predicted molar refractivity (Wildman–Crippen MR) is 147 cm³/mol. The molecule has 1 amide bonds. The Balaban J connectivity index is 0.00000141. The SMILES string of the molecule is CC.O=C(N/C1=C/C=C\CCOCCN=CN1)c1ccc(N2CCS2)cc1N1CCC2(CC1)CC2. The maximum Gasteiger partial charge on any atom is 0.258 e. The summed E-state index contributed by atoms with van der Waals surface area (Å²) in [6.45, 7) is 8.97. The van der Waals surface area contributed by atoms with E-state index >= 15 is 0 Å². The summed E-state index contributed by atoms with van der Waals surface area (Å²) in [7, 11) is 0. The molecule has 0 bridgehead atoms. The van der Waals surface area contributed by atoms with E-state index in [2.05, 4.69) is 37.0 Å². The van der Waals surface area contributed by atoms with Crippen molar-refractivity contribution in [3.63, 3.8) is 0 Å². The fourth-order valence-corrected chi connectivity index (χ4v) is 5.17. The number of benzene rings is 1. The van der Waals surface area contributed by atoms with Crippen molar-refractivity contribution in [1.82, 2.24) is 10.6 Å². The first kappa shape index (κ1) is 25.6. The van der Waals surface area contributed by atoms with Gasteiger partial charge >= 0.3 is 0 Å². The lowest BCUT2D eigenvalue weighted by Crippen LogP contribution is -2.37. The molecule has 1 aromatic rings. The number of hydrogen-bond acceptors (Lipinski definition) is 7. The molecular formula is C27H39N5O2S. The highest BCUT2D eigenvalue weighted by Crippen LogP contribution is 2.54. The number of amides is 1. The standard InChI is InChI=1S/C25H33N5O2S.C2H6/c31-24(28-23-4-2-1-3-15-32-16-11-26-19-27-23)21-6-5-20(30-14-17-33-30)18-22(21)29-12-9-25(7-8-25)10-13-29;1-2/h1-2,4-6,18-19H,3,7-17H2,(H,26,27)(H,28,31);1-2H3/b2-1-,23-4+;. The van der Waals surface area contributed by atoms with E-state index in [4.69, 9.17) is 4.74 Å². The van der Waals surface area contributed by atoms with Gasteiger partial charge in [0.05, 0.1) is 37.3 Å². The lowest BCUT2D eigenvalue weighted by molar-refractivity contribution is 0.0964. The third-order valence-electron chi connectivity index (χ3n) is 6.93. The second-order valence-electron chi connectivity index (χ2n) is 9.17. The summed E-state index contributed by atoms with van der Waals surface area (Å²) in [6.07, 6.45) is 13.5. The largest absolute Gasteiger partial charge is 0.379 e. The van der Waals surface area contributed by atoms with E-state index in [9.17, 15) is 4.79 Å². The lowest BCUT2D eigenvalue weighted by Gasteiger charge is -2.37. The maximum atomic E-state index is 13.4. The second-order valence-corrected chi connectivity index (χ2v) is 10.3. The summed E-state index contributed by atoms with van der Waals surface area (Å²) in [5, 5.41) is 6.17. The van der Waals surface area contributed by atoms with Crippen LogP contribution in [0.4, 0.5) is 11.4 Å². The fraction of sp³-hybridized carbons (Fsp3) is 0.556. The summed E-state index contributed by atoms with van der Waals surface area (Å²) in [5.41, 5.74) is 3.55. The molecule has 1 saturated carbocycles. The van der Waals surface area contributed by atoms with Crippen LogP contribution >= 0.6 is 11.9 Å². The summed E-state index contributed by atoms with van der Waals surface area (Å²) in [5.74, 6) is 1.67. The van der Waals surface area contributed by atoms with Crippen molar-refractivity contribution in [2.45, 2.75) is 46.0 Å². The highest BCUT2D eigenvalue weighted by Gasteiger charge is 2.44. The first-order valence-corrected chi connectivity index (χ1v) is 14.0. The Hall–Kier alpha value is -2.45. The zero-order chi connectivity index (χ0) is 24.5. The number of nitrogens with zero attached hydrogens (tertiary/aromatic N) is 3. The molecule has 35 heavy (non-hydrogen) atoms. The van der Waals surface area contributed by atoms with Crippen molar-refractivity contribution in [2.75, 3.05) is 54.4 Å². The number of piperidine rings is 1. The van der Waals surface area contributed by atoms with Gasteiger partial charge in [-0.1, -0.05) is 26.0 Å². The molecule has 1 spiro atoms. The van der Waals surface area contributed by atoms with Crippen molar-refractivity contribution in [3.8, 4) is 0 Å². The average Bonchev–Trinajstić information content (AvgIpc) is 3.60. The van der Waals surface area contributed by atoms with E-state index in [1.54, 1.807) is 6.34 Å². The van der Waals surface area contributed by atoms with Gasteiger partial charge in [0.25, 0.3) is 5.91 Å². The number of carbonyl (C=O) groups excluding carboxylic acids is 1. The van der Waals surface area contributed by atoms with Gasteiger partial charge in [0.1, 0.15) is 5.82 Å². The van der Waals surface area contributed by atoms with Crippen molar-refractivity contribution in [3.05, 3.63) is 47.8 Å². The molecule has 1 aromatic carbocycles. The van der Waals surface area contributed by atoms with Gasteiger partial charge in [0, 0.05) is 31.1 Å². The first-order valence-electron chi connectivity index (χ1n) is 13.0. The molecule has 0 radical (unpaired) electrons. The van der Waals surface area contributed by atoms with Crippen LogP contribution < -0.4 is 19.8 Å². The Morgan fingerprint density at radius 1 is 1.14 bits per heavy atom. The van der Waals surface area contributed by atoms with E-state index in [1.165, 1.54) is 31.4 Å². The van der Waals surface area contributed by atoms with Crippen molar-refractivity contribution in [1.29, 1.82) is 0 Å². The normalized spacial score (nSPS) is 23.8. The number of nitrogens with one attached hydrogen (secondary N) is 2. The summed E-state index contributed by atoms with van der Waals surface area (Å²) in [6, 6.07) is 6.26. The minimum absolute atomic E-state index is 0.101. The Morgan fingerprint density at radius 3 is 2.66 bits per heavy atom. The zero-order valence-electron chi connectivity index (χ0n) is 21.1. The van der Waals surface area contributed by atoms with Crippen LogP contribution in [0.2, 0.25) is 0 Å². The van der Waals surface area contributed by atoms with Gasteiger partial charge in [0.15, 0.2) is 0 Å². The molecule has 190 valence electrons. The third-order valence-corrected chi connectivity index (χ3v) is 8.00. The minimum atomic E-state index is -0.101. The Bertz CT molecular complexity index is 943. The van der Waals surface area contributed by atoms with Gasteiger partial charge < -0.3 is 24.6 Å². The van der Waals surface area contributed by atoms with Gasteiger partial charge in [-0.3, -0.25) is 9.79 Å². The molecule has 7 nitrogen and oxygen atoms in total. The van der Waals surface area contributed by atoms with E-state index in [1.807, 2.05) is 50.1 Å². The van der Waals surface area contributed by atoms with E-state index in [0.717, 1.165) is 43.1 Å². The van der Waals surface area contributed by atoms with Crippen LogP contribution in [0.1, 0.15) is 56.3 Å². The predicted octanol–water partition coefficient (Wildman–Crippen LogP) is 4.73. The zero-order valence-corrected chi connectivity index (χ0v) is 21.9. The Morgan fingerprint density at radius 2 is 1.94 bits per heavy atom. The molecule has 8 heteroatoms. The molecule has 3 aliphatic heterocycles. The first-order chi connectivity index (χ1) is 17.2. The molecule has 4 aliphatic rings. The number of aliphatic imine (C=N–C) groups is 1. The number of ether oxygens (including phenoxy) is 1. The maximum absolute atomic E-state index is 13.4. The van der Waals surface area contributed by atoms with Crippen molar-refractivity contribution >= 4 is 35.6 Å². The van der Waals surface area contributed by atoms with Gasteiger partial charge in [-0.05, 0) is 73.7 Å². The van der Waals surface area contributed by atoms with Crippen LogP contribution in [0.25, 0.3) is 0 Å². The summed E-state index contributed by atoms with van der Waals surface area (Å²) >= 11 is 1.84. The van der Waals surface area contributed by atoms with E-state index in [0.29, 0.717) is 31.0 Å². The number of carbonyl (C=O) groups is 1. The average molecular weight is 498 g/mol. The van der Waals surface area contributed by atoms with Crippen LogP contribution in [0.5, 0.6) is 0 Å². The molecule has 2 saturated heterocycles. The minimum Gasteiger partial charge on any atom is -0.379 e. The van der Waals surface area contributed by atoms with Crippen LogP contribution in [-0.2, 0) is 4.74 Å². The lowest BCUT2D eigenvalue weighted by atomic mass is 9.93. The highest BCUT2D eigenvalue weighted by molar-refractivity contribution is 8.02. The van der Waals surface area contributed by atoms with E-state index in [-0.39, 0.29) is 5.91 Å². The van der Waals surface area contributed by atoms with E-state index < -0.39 is 0 Å². The molecule has 3 fully saturated rings. The Kier molecular flexibility index (Phi) is 9.15. The molecular weight excluding hydrogens is 458 g/mol. The van der Waals surface area contributed by atoms with Crippen LogP contribution in [-0.4, -0.2) is 57.4 Å². The van der Waals surface area contributed by atoms with Crippen LogP contribution in [0, 0.1) is 5.41 Å². The quantitative estimate of drug-likeness (QED) is 0.587. The fourth-order valence-electron chi connectivity index (χ4n) is 4.54. The molecule has 0 unspecified atom stereocenters. The van der Waals surface area contributed by atoms with Crippen molar-refractivity contribution < 1.29 is 9.53 Å². The van der Waals surface area contributed by atoms with Gasteiger partial charge in [0.2, 0.25) is 0 Å². The topological polar surface area (TPSA) is 69.2 Å². The number of allylic oxidation sites excluding steroid dienone is 2. The van der Waals surface area contributed by atoms with Crippen LogP contribution in [0.3, 0.4) is 0 Å². The molecule has 0 aromatic heterocycles. The highest BCUT2D eigenvalue weighted by atomic mass is 32.2. The van der Waals surface area contributed by atoms with Gasteiger partial charge in [-0.25, -0.2) is 0 Å². The summed E-state index contributed by atoms with van der Waals surface area (Å²) < 4.78 is 7.79. The summed E-state index contributed by atoms with van der Waals surface area (Å²) in [4.78, 5) is 20.1. The number of anilines is 2. The Labute approximate surface area is 214 Å². The van der Waals surface area contributed by atoms with Gasteiger partial charge in [-0.15, -0.1) is 0 Å². The number of hydrogen-bond donors (Lipinski definition) is 2. The third kappa shape index (κ3) is 6.82. The number of rotatable bonds is 4. The molecule has 2 N–H and O–H groups in total. The smallest absolute Gasteiger partial charge is 0.258 e. The molecule has 5 rings (SSSR count). The molecule has 0 atom stereocenters. The second kappa shape index (κ2) is 12.5. The van der Waals surface area contributed by atoms with Crippen LogP contribution in [0.15, 0.2) is 47.2 Å². The molecule has 3 heterocycles. The monoisotopic (exact) mass is 497 g/mol. The van der Waals surface area contributed by atoms with Gasteiger partial charge in [-0.2, -0.15) is 0 Å². The molecule has 1 aliphatic carbocycles. The van der Waals surface area contributed by atoms with Crippen molar-refractivity contribution in [2.24, 2.45) is 10.4 Å².